The molecule has 0 unspecified atom stereocenters. The van der Waals surface area contributed by atoms with Crippen LogP contribution in [0.4, 0.5) is 0 Å². The molecule has 0 spiro atoms. The first-order valence-corrected chi connectivity index (χ1v) is 8.18. The molecule has 0 aromatic carbocycles. The largest absolute Gasteiger partial charge is 0.693 e. The van der Waals surface area contributed by atoms with Crippen LogP contribution in [0.3, 0.4) is 0 Å². The summed E-state index contributed by atoms with van der Waals surface area (Å²) in [5, 5.41) is 0. The minimum atomic E-state index is -0.472. The van der Waals surface area contributed by atoms with Gasteiger partial charge in [0.05, 0.1) is 0 Å². The van der Waals surface area contributed by atoms with Crippen LogP contribution in [0.1, 0.15) is 27.7 Å². The Balaban J connectivity index is -0.0000000150. The van der Waals surface area contributed by atoms with E-state index < -0.39 is 16.5 Å². The fraction of sp³-hybridized carbons (Fsp3) is 0.667. The molecule has 0 fully saturated rings. The number of nitrogens with two attached hydrogens (primary N) is 2. The molecule has 0 atom stereocenters. The van der Waals surface area contributed by atoms with Gasteiger partial charge in [0.15, 0.2) is 0 Å². The van der Waals surface area contributed by atoms with Crippen molar-refractivity contribution in [2.75, 3.05) is 0 Å². The van der Waals surface area contributed by atoms with Crippen LogP contribution in [0.15, 0.2) is 0 Å². The number of halogens is 2. The molecule has 0 bridgehead atoms. The average Bonchev–Trinajstić information content (AvgIpc) is 1.70. The molecule has 11 heavy (non-hydrogen) atoms. The second-order valence-corrected chi connectivity index (χ2v) is 4.48. The van der Waals surface area contributed by atoms with E-state index in [-0.39, 0.29) is 12.3 Å². The Kier molecular flexibility index (Phi) is 178. The molecule has 0 radical (unpaired) electrons. The van der Waals surface area contributed by atoms with Crippen molar-refractivity contribution in [3.8, 4) is 0 Å². The summed E-state index contributed by atoms with van der Waals surface area (Å²) in [4.78, 5) is 0. The van der Waals surface area contributed by atoms with Gasteiger partial charge in [-0.15, -0.1) is 0 Å². The molecule has 4 N–H and O–H groups in total. The molecule has 0 aromatic rings. The fourth-order valence-corrected chi connectivity index (χ4v) is 0. The second kappa shape index (κ2) is 66.2. The first-order valence-electron chi connectivity index (χ1n) is 2.55. The number of hydrogen-bond acceptors (Lipinski definition) is 0. The first kappa shape index (κ1) is 29.5. The van der Waals surface area contributed by atoms with Crippen LogP contribution < -0.4 is 0 Å². The summed E-state index contributed by atoms with van der Waals surface area (Å²) in [6, 6.07) is 0. The third-order valence-electron chi connectivity index (χ3n) is 0. The summed E-state index contributed by atoms with van der Waals surface area (Å²) >= 11 is -0.472. The minimum absolute atomic E-state index is 0. The zero-order valence-corrected chi connectivity index (χ0v) is 11.2. The van der Waals surface area contributed by atoms with E-state index in [9.17, 15) is 0 Å². The van der Waals surface area contributed by atoms with Crippen LogP contribution in [0.25, 0.3) is 12.3 Å². The molecule has 0 amide bonds. The molecule has 80 valence electrons. The first-order chi connectivity index (χ1) is 4.24. The maximum absolute atomic E-state index is 4.88. The quantitative estimate of drug-likeness (QED) is 0.511. The van der Waals surface area contributed by atoms with Gasteiger partial charge in [0.25, 0.3) is 0 Å². The van der Waals surface area contributed by atoms with Gasteiger partial charge in [0, 0.05) is 0 Å². The average molecular weight is 384 g/mol. The van der Waals surface area contributed by atoms with E-state index in [0.29, 0.717) is 0 Å². The summed E-state index contributed by atoms with van der Waals surface area (Å²) in [6.07, 6.45) is 4.00. The molecule has 2 nitrogen and oxygen atoms in total. The Morgan fingerprint density at radius 1 is 0.818 bits per heavy atom. The predicted octanol–water partition coefficient (Wildman–Crippen LogP) is 5.27. The van der Waals surface area contributed by atoms with Crippen molar-refractivity contribution >= 4 is 18.8 Å². The normalized spacial score (nSPS) is 5.27. The second-order valence-electron chi connectivity index (χ2n) is 1.20. The van der Waals surface area contributed by atoms with Crippen LogP contribution in [-0.4, -0.2) is 0 Å². The van der Waals surface area contributed by atoms with E-state index in [1.54, 1.807) is 0 Å². The van der Waals surface area contributed by atoms with Crippen molar-refractivity contribution in [2.45, 2.75) is 27.7 Å². The van der Waals surface area contributed by atoms with Crippen molar-refractivity contribution in [1.29, 1.82) is 0 Å². The molecule has 0 aromatic heterocycles. The molecule has 5 heteroatoms. The zero-order valence-electron chi connectivity index (χ0n) is 7.38. The van der Waals surface area contributed by atoms with Crippen molar-refractivity contribution in [3.05, 3.63) is 25.1 Å². The van der Waals surface area contributed by atoms with Gasteiger partial charge in [0.2, 0.25) is 0 Å². The van der Waals surface area contributed by atoms with E-state index >= 15 is 0 Å². The molecular weight excluding hydrogens is 366 g/mol. The fourth-order valence-electron chi connectivity index (χ4n) is 0. The van der Waals surface area contributed by atoms with E-state index in [1.807, 2.05) is 40.5 Å². The summed E-state index contributed by atoms with van der Waals surface area (Å²) in [5.74, 6) is 0. The van der Waals surface area contributed by atoms with Gasteiger partial charge in [0.1, 0.15) is 0 Å². The van der Waals surface area contributed by atoms with Gasteiger partial charge in [-0.2, -0.15) is 27.7 Å². The Morgan fingerprint density at radius 3 is 0.818 bits per heavy atom. The van der Waals surface area contributed by atoms with Gasteiger partial charge in [-0.05, 0) is 0 Å². The predicted molar refractivity (Wildman–Crippen MR) is 53.6 cm³/mol. The SMILES string of the molecule is C[CH-]C.C[CH-]C.[Cl][Pt][Cl].[NH2-].[NH2-]. The molecule has 0 aliphatic carbocycles. The van der Waals surface area contributed by atoms with Crippen LogP contribution >= 0.6 is 18.8 Å². The van der Waals surface area contributed by atoms with Gasteiger partial charge < -0.3 is 25.1 Å². The Bertz CT molecular complexity index is 23.3. The Morgan fingerprint density at radius 2 is 0.818 bits per heavy atom. The third-order valence-corrected chi connectivity index (χ3v) is 0. The zero-order chi connectivity index (χ0) is 8.12. The van der Waals surface area contributed by atoms with Gasteiger partial charge in [-0.25, -0.2) is 0 Å². The van der Waals surface area contributed by atoms with E-state index in [1.165, 1.54) is 0 Å². The Hall–Kier alpha value is 1.19. The van der Waals surface area contributed by atoms with E-state index in [2.05, 4.69) is 0 Å². The number of rotatable bonds is 0. The van der Waals surface area contributed by atoms with Crippen LogP contribution in [0.2, 0.25) is 0 Å². The van der Waals surface area contributed by atoms with E-state index in [4.69, 9.17) is 18.8 Å². The maximum Gasteiger partial charge on any atom is -0.693 e. The van der Waals surface area contributed by atoms with Crippen molar-refractivity contribution < 1.29 is 16.5 Å². The van der Waals surface area contributed by atoms with Gasteiger partial charge >= 0.3 is 35.3 Å². The topological polar surface area (TPSA) is 67.0 Å². The van der Waals surface area contributed by atoms with Crippen LogP contribution in [-0.2, 0) is 16.5 Å². The molecular formula is C6H18Cl2N2Pt-4. The maximum atomic E-state index is 4.88. The summed E-state index contributed by atoms with van der Waals surface area (Å²) in [5.41, 5.74) is 0. The van der Waals surface area contributed by atoms with Crippen LogP contribution in [0.5, 0.6) is 0 Å². The number of hydrogen-bond donors (Lipinski definition) is 0. The minimum Gasteiger partial charge on any atom is -0.693 e. The van der Waals surface area contributed by atoms with Crippen molar-refractivity contribution in [3.63, 3.8) is 0 Å². The summed E-state index contributed by atoms with van der Waals surface area (Å²) < 4.78 is 0. The molecule has 0 aliphatic rings. The van der Waals surface area contributed by atoms with Crippen LogP contribution in [0, 0.1) is 12.8 Å². The Labute approximate surface area is 88.0 Å². The van der Waals surface area contributed by atoms with E-state index in [0.717, 1.165) is 0 Å². The van der Waals surface area contributed by atoms with Crippen molar-refractivity contribution in [2.24, 2.45) is 0 Å². The smallest absolute Gasteiger partial charge is 0.693 e. The standard InChI is InChI=1S/2C3H7.2ClH.2H2N.Pt/c2*1-3-2;;;;;/h2*3H,1-2H3;2*1H;2*1H2;/q2*-1;;;2*-1;+2/p-2. The van der Waals surface area contributed by atoms with Gasteiger partial charge in [-0.3, -0.25) is 0 Å². The molecule has 0 aliphatic heterocycles. The third kappa shape index (κ3) is 669. The summed E-state index contributed by atoms with van der Waals surface area (Å²) in [7, 11) is 9.75. The molecule has 0 saturated carbocycles. The monoisotopic (exact) mass is 383 g/mol. The molecule has 0 rings (SSSR count). The van der Waals surface area contributed by atoms with Crippen molar-refractivity contribution in [1.82, 2.24) is 0 Å². The molecule has 0 heterocycles. The summed E-state index contributed by atoms with van der Waals surface area (Å²) in [6.45, 7) is 8.00. The molecule has 0 saturated heterocycles. The van der Waals surface area contributed by atoms with Gasteiger partial charge in [-0.1, -0.05) is 0 Å².